The van der Waals surface area contributed by atoms with Crippen LogP contribution in [0.15, 0.2) is 0 Å². The summed E-state index contributed by atoms with van der Waals surface area (Å²) in [6, 6.07) is 0. The van der Waals surface area contributed by atoms with E-state index in [1.54, 1.807) is 0 Å². The number of thiol groups is 1. The molecule has 0 rings (SSSR count). The van der Waals surface area contributed by atoms with E-state index in [1.165, 1.54) is 0 Å². The second kappa shape index (κ2) is 4.18. The summed E-state index contributed by atoms with van der Waals surface area (Å²) in [7, 11) is 0. The maximum Gasteiger partial charge on any atom is 0.0480 e. The van der Waals surface area contributed by atoms with Crippen LogP contribution in [0.3, 0.4) is 0 Å². The first kappa shape index (κ1) is 9.31. The van der Waals surface area contributed by atoms with Gasteiger partial charge in [0, 0.05) is 5.37 Å². The van der Waals surface area contributed by atoms with Crippen LogP contribution < -0.4 is 5.73 Å². The molecule has 1 nitrogen and oxygen atoms in total. The van der Waals surface area contributed by atoms with Gasteiger partial charge in [0.05, 0.1) is 0 Å². The lowest BCUT2D eigenvalue weighted by Gasteiger charge is -2.16. The van der Waals surface area contributed by atoms with Gasteiger partial charge in [-0.1, -0.05) is 20.8 Å². The quantitative estimate of drug-likeness (QED) is 0.462. The number of nitrogens with two attached hydrogens (primary N) is 1. The summed E-state index contributed by atoms with van der Waals surface area (Å²) in [6.07, 6.45) is 1.01. The Kier molecular flexibility index (Phi) is 4.32. The summed E-state index contributed by atoms with van der Waals surface area (Å²) in [6.45, 7) is 6.63. The van der Waals surface area contributed by atoms with Crippen LogP contribution in [0.1, 0.15) is 27.2 Å². The van der Waals surface area contributed by atoms with Crippen molar-refractivity contribution in [3.63, 3.8) is 0 Å². The summed E-state index contributed by atoms with van der Waals surface area (Å²) in [4.78, 5) is 0. The van der Waals surface area contributed by atoms with E-state index < -0.39 is 0 Å². The van der Waals surface area contributed by atoms with Gasteiger partial charge >= 0.3 is 0 Å². The number of hydrogen-bond donors (Lipinski definition) is 2. The Bertz CT molecular complexity index is 71.3. The molecule has 0 aromatic heterocycles. The first-order valence-electron chi connectivity index (χ1n) is 3.47. The molecule has 0 saturated heterocycles. The van der Waals surface area contributed by atoms with E-state index in [2.05, 4.69) is 33.4 Å². The molecule has 0 saturated carbocycles. The molecule has 2 atom stereocenters. The Balaban J connectivity index is 3.38. The molecule has 0 fully saturated rings. The molecule has 0 aliphatic heterocycles. The maximum atomic E-state index is 5.50. The van der Waals surface area contributed by atoms with Gasteiger partial charge in [-0.3, -0.25) is 0 Å². The molecule has 0 aliphatic carbocycles. The average molecular weight is 147 g/mol. The minimum absolute atomic E-state index is 0.0578. The van der Waals surface area contributed by atoms with Crippen molar-refractivity contribution >= 4 is 12.6 Å². The fourth-order valence-corrected chi connectivity index (χ4v) is 0.986. The van der Waals surface area contributed by atoms with E-state index in [0.29, 0.717) is 5.92 Å². The molecule has 9 heavy (non-hydrogen) atoms. The first-order valence-corrected chi connectivity index (χ1v) is 3.99. The Labute approximate surface area is 63.4 Å². The number of rotatable bonds is 3. The van der Waals surface area contributed by atoms with Crippen molar-refractivity contribution in [2.75, 3.05) is 0 Å². The zero-order chi connectivity index (χ0) is 7.44. The molecule has 0 radical (unpaired) electrons. The van der Waals surface area contributed by atoms with Crippen molar-refractivity contribution in [1.82, 2.24) is 0 Å². The molecule has 56 valence electrons. The van der Waals surface area contributed by atoms with Crippen LogP contribution in [-0.2, 0) is 0 Å². The van der Waals surface area contributed by atoms with Gasteiger partial charge in [-0.05, 0) is 18.3 Å². The van der Waals surface area contributed by atoms with Gasteiger partial charge < -0.3 is 5.73 Å². The highest BCUT2D eigenvalue weighted by atomic mass is 32.1. The van der Waals surface area contributed by atoms with Crippen LogP contribution >= 0.6 is 12.6 Å². The molecular weight excluding hydrogens is 130 g/mol. The fourth-order valence-electron chi connectivity index (χ4n) is 0.653. The highest BCUT2D eigenvalue weighted by Crippen LogP contribution is 2.15. The fraction of sp³-hybridized carbons (Fsp3) is 1.00. The second-order valence-corrected chi connectivity index (χ2v) is 3.69. The van der Waals surface area contributed by atoms with E-state index in [0.717, 1.165) is 12.3 Å². The molecule has 0 heterocycles. The molecular formula is C7H17NS. The van der Waals surface area contributed by atoms with Crippen molar-refractivity contribution in [1.29, 1.82) is 0 Å². The Morgan fingerprint density at radius 3 is 1.89 bits per heavy atom. The Morgan fingerprint density at radius 2 is 1.78 bits per heavy atom. The average Bonchev–Trinajstić information content (AvgIpc) is 1.63. The Morgan fingerprint density at radius 1 is 1.33 bits per heavy atom. The molecule has 2 N–H and O–H groups in total. The van der Waals surface area contributed by atoms with Crippen molar-refractivity contribution in [3.8, 4) is 0 Å². The molecule has 0 aromatic rings. The van der Waals surface area contributed by atoms with E-state index in [-0.39, 0.29) is 5.37 Å². The van der Waals surface area contributed by atoms with Gasteiger partial charge in [-0.25, -0.2) is 0 Å². The van der Waals surface area contributed by atoms with Gasteiger partial charge in [0.1, 0.15) is 0 Å². The van der Waals surface area contributed by atoms with Crippen molar-refractivity contribution in [3.05, 3.63) is 0 Å². The lowest BCUT2D eigenvalue weighted by Crippen LogP contribution is -2.18. The minimum atomic E-state index is 0.0578. The van der Waals surface area contributed by atoms with E-state index in [4.69, 9.17) is 5.73 Å². The highest BCUT2D eigenvalue weighted by molar-refractivity contribution is 7.80. The lowest BCUT2D eigenvalue weighted by molar-refractivity contribution is 0.390. The monoisotopic (exact) mass is 147 g/mol. The van der Waals surface area contributed by atoms with Gasteiger partial charge in [0.25, 0.3) is 0 Å². The van der Waals surface area contributed by atoms with E-state index in [9.17, 15) is 0 Å². The molecule has 0 aliphatic rings. The highest BCUT2D eigenvalue weighted by Gasteiger charge is 2.08. The smallest absolute Gasteiger partial charge is 0.0480 e. The Hall–Kier alpha value is 0.310. The van der Waals surface area contributed by atoms with Crippen LogP contribution in [0, 0.1) is 11.8 Å². The van der Waals surface area contributed by atoms with Crippen LogP contribution in [0.4, 0.5) is 0 Å². The summed E-state index contributed by atoms with van der Waals surface area (Å²) >= 11 is 4.11. The molecule has 2 heteroatoms. The second-order valence-electron chi connectivity index (χ2n) is 3.02. The van der Waals surface area contributed by atoms with Crippen LogP contribution in [0.25, 0.3) is 0 Å². The predicted molar refractivity (Wildman–Crippen MR) is 45.6 cm³/mol. The van der Waals surface area contributed by atoms with E-state index >= 15 is 0 Å². The van der Waals surface area contributed by atoms with Crippen LogP contribution in [-0.4, -0.2) is 5.37 Å². The van der Waals surface area contributed by atoms with Crippen LogP contribution in [0.2, 0.25) is 0 Å². The molecule has 0 bridgehead atoms. The van der Waals surface area contributed by atoms with Crippen molar-refractivity contribution < 1.29 is 0 Å². The minimum Gasteiger partial charge on any atom is -0.320 e. The standard InChI is InChI=1S/C7H17NS/c1-5(2)6(3)4-7(8)9/h5-7,9H,4,8H2,1-3H3. The molecule has 2 unspecified atom stereocenters. The topological polar surface area (TPSA) is 26.0 Å². The van der Waals surface area contributed by atoms with Gasteiger partial charge in [0.15, 0.2) is 0 Å². The maximum absolute atomic E-state index is 5.50. The normalized spacial score (nSPS) is 18.0. The third-order valence-electron chi connectivity index (χ3n) is 1.75. The van der Waals surface area contributed by atoms with Crippen molar-refractivity contribution in [2.45, 2.75) is 32.6 Å². The summed E-state index contributed by atoms with van der Waals surface area (Å²) < 4.78 is 0. The molecule has 0 aromatic carbocycles. The molecule has 0 amide bonds. The predicted octanol–water partition coefficient (Wildman–Crippen LogP) is 1.88. The first-order chi connectivity index (χ1) is 4.04. The third kappa shape index (κ3) is 4.79. The van der Waals surface area contributed by atoms with Gasteiger partial charge in [-0.15, -0.1) is 0 Å². The summed E-state index contributed by atoms with van der Waals surface area (Å²) in [5, 5.41) is 0.0578. The lowest BCUT2D eigenvalue weighted by atomic mass is 9.95. The third-order valence-corrected chi connectivity index (χ3v) is 1.96. The van der Waals surface area contributed by atoms with Crippen LogP contribution in [0.5, 0.6) is 0 Å². The van der Waals surface area contributed by atoms with Crippen molar-refractivity contribution in [2.24, 2.45) is 17.6 Å². The summed E-state index contributed by atoms with van der Waals surface area (Å²) in [5.74, 6) is 1.42. The summed E-state index contributed by atoms with van der Waals surface area (Å²) in [5.41, 5.74) is 5.50. The zero-order valence-electron chi connectivity index (χ0n) is 6.46. The molecule has 0 spiro atoms. The number of hydrogen-bond acceptors (Lipinski definition) is 2. The van der Waals surface area contributed by atoms with Gasteiger partial charge in [0.2, 0.25) is 0 Å². The zero-order valence-corrected chi connectivity index (χ0v) is 7.36. The van der Waals surface area contributed by atoms with Gasteiger partial charge in [-0.2, -0.15) is 12.6 Å². The largest absolute Gasteiger partial charge is 0.320 e. The van der Waals surface area contributed by atoms with E-state index in [1.807, 2.05) is 0 Å². The SMILES string of the molecule is CC(C)C(C)CC(N)S.